The number of rotatable bonds is 5. The van der Waals surface area contributed by atoms with Gasteiger partial charge in [-0.3, -0.25) is 0 Å². The zero-order chi connectivity index (χ0) is 33.5. The first-order chi connectivity index (χ1) is 25.3. The van der Waals surface area contributed by atoms with Crippen LogP contribution in [0.15, 0.2) is 164 Å². The van der Waals surface area contributed by atoms with Crippen LogP contribution in [-0.4, -0.2) is 0 Å². The molecule has 5 aliphatic rings. The number of fused-ring (bicyclic) bond motifs is 4. The van der Waals surface area contributed by atoms with Gasteiger partial charge in [0.2, 0.25) is 0 Å². The molecule has 0 saturated heterocycles. The lowest BCUT2D eigenvalue weighted by Gasteiger charge is -2.61. The second kappa shape index (κ2) is 11.3. The minimum atomic E-state index is 0.171. The summed E-state index contributed by atoms with van der Waals surface area (Å²) in [5, 5.41) is 2.56. The fraction of sp³-hybridized carbons (Fsp3) is 0.200. The summed E-state index contributed by atoms with van der Waals surface area (Å²) in [7, 11) is 0. The van der Waals surface area contributed by atoms with E-state index in [0.29, 0.717) is 0 Å². The molecule has 4 saturated carbocycles. The summed E-state index contributed by atoms with van der Waals surface area (Å²) in [6.45, 7) is 0. The van der Waals surface area contributed by atoms with Crippen LogP contribution in [0.4, 0.5) is 17.1 Å². The smallest absolute Gasteiger partial charge is 0.0540 e. The lowest BCUT2D eigenvalue weighted by molar-refractivity contribution is -0.0399. The standard InChI is InChI=1S/C50H41N/c1-2-11-36(12-3-1)44-16-7-9-20-49(44)51(40-23-21-37(22-24-40)43-18-10-14-35-13-4-5-15-42(35)43)41-25-26-48-46(32-41)45-17-6-8-19-47(45)50(48)38-28-33-27-34(30-38)31-39(50)29-33/h1-26,32-34,38-39H,27-31H2. The Morgan fingerprint density at radius 1 is 0.412 bits per heavy atom. The van der Waals surface area contributed by atoms with E-state index in [2.05, 4.69) is 169 Å². The first kappa shape index (κ1) is 29.3. The molecule has 1 spiro atoms. The van der Waals surface area contributed by atoms with Gasteiger partial charge in [-0.1, -0.05) is 133 Å². The van der Waals surface area contributed by atoms with Gasteiger partial charge in [0.25, 0.3) is 0 Å². The average molecular weight is 656 g/mol. The maximum atomic E-state index is 2.55. The maximum absolute atomic E-state index is 2.55. The van der Waals surface area contributed by atoms with Gasteiger partial charge in [0.1, 0.15) is 0 Å². The van der Waals surface area contributed by atoms with Crippen LogP contribution in [0.3, 0.4) is 0 Å². The molecule has 12 rings (SSSR count). The molecular weight excluding hydrogens is 615 g/mol. The lowest BCUT2D eigenvalue weighted by Crippen LogP contribution is -2.55. The van der Waals surface area contributed by atoms with Gasteiger partial charge in [0.15, 0.2) is 0 Å². The van der Waals surface area contributed by atoms with E-state index in [1.165, 1.54) is 87.6 Å². The van der Waals surface area contributed by atoms with Gasteiger partial charge in [-0.25, -0.2) is 0 Å². The van der Waals surface area contributed by atoms with Crippen LogP contribution < -0.4 is 4.90 Å². The Bertz CT molecular complexity index is 2400. The molecular formula is C50H41N. The van der Waals surface area contributed by atoms with Crippen LogP contribution in [-0.2, 0) is 5.41 Å². The summed E-state index contributed by atoms with van der Waals surface area (Å²) in [5.41, 5.74) is 14.8. The van der Waals surface area contributed by atoms with Gasteiger partial charge in [0.05, 0.1) is 5.69 Å². The number of nitrogens with zero attached hydrogens (tertiary/aromatic N) is 1. The van der Waals surface area contributed by atoms with E-state index in [1.54, 1.807) is 11.1 Å². The molecule has 4 bridgehead atoms. The summed E-state index contributed by atoms with van der Waals surface area (Å²) in [5.74, 6) is 3.41. The highest BCUT2D eigenvalue weighted by Gasteiger charge is 2.61. The largest absolute Gasteiger partial charge is 0.310 e. The predicted octanol–water partition coefficient (Wildman–Crippen LogP) is 13.4. The van der Waals surface area contributed by atoms with Crippen molar-refractivity contribution in [1.29, 1.82) is 0 Å². The van der Waals surface area contributed by atoms with Gasteiger partial charge >= 0.3 is 0 Å². The van der Waals surface area contributed by atoms with E-state index in [9.17, 15) is 0 Å². The highest BCUT2D eigenvalue weighted by Crippen LogP contribution is 2.69. The first-order valence-corrected chi connectivity index (χ1v) is 19.0. The number of anilines is 3. The number of hydrogen-bond acceptors (Lipinski definition) is 1. The van der Waals surface area contributed by atoms with Crippen molar-refractivity contribution in [2.45, 2.75) is 37.5 Å². The molecule has 51 heavy (non-hydrogen) atoms. The van der Waals surface area contributed by atoms with Crippen molar-refractivity contribution in [3.63, 3.8) is 0 Å². The minimum Gasteiger partial charge on any atom is -0.310 e. The predicted molar refractivity (Wildman–Crippen MR) is 213 cm³/mol. The molecule has 7 aromatic rings. The summed E-state index contributed by atoms with van der Waals surface area (Å²) in [6.07, 6.45) is 7.10. The number of para-hydroxylation sites is 1. The van der Waals surface area contributed by atoms with E-state index in [0.717, 1.165) is 29.4 Å². The van der Waals surface area contributed by atoms with Crippen molar-refractivity contribution >= 4 is 27.8 Å². The zero-order valence-corrected chi connectivity index (χ0v) is 28.9. The highest BCUT2D eigenvalue weighted by molar-refractivity contribution is 5.97. The quantitative estimate of drug-likeness (QED) is 0.178. The molecule has 0 unspecified atom stereocenters. The Kier molecular flexibility index (Phi) is 6.50. The summed E-state index contributed by atoms with van der Waals surface area (Å²) in [4.78, 5) is 2.50. The van der Waals surface area contributed by atoms with Gasteiger partial charge < -0.3 is 4.90 Å². The number of hydrogen-bond donors (Lipinski definition) is 0. The lowest BCUT2D eigenvalue weighted by atomic mass is 9.43. The van der Waals surface area contributed by atoms with Crippen molar-refractivity contribution in [3.05, 3.63) is 175 Å². The zero-order valence-electron chi connectivity index (χ0n) is 28.9. The van der Waals surface area contributed by atoms with Gasteiger partial charge in [-0.15, -0.1) is 0 Å². The summed E-state index contributed by atoms with van der Waals surface area (Å²) >= 11 is 0. The van der Waals surface area contributed by atoms with Crippen LogP contribution in [0.25, 0.3) is 44.2 Å². The van der Waals surface area contributed by atoms with Crippen LogP contribution >= 0.6 is 0 Å². The average Bonchev–Trinajstić information content (AvgIpc) is 3.48. The van der Waals surface area contributed by atoms with Gasteiger partial charge in [-0.2, -0.15) is 0 Å². The summed E-state index contributed by atoms with van der Waals surface area (Å²) < 4.78 is 0. The van der Waals surface area contributed by atoms with E-state index in [4.69, 9.17) is 0 Å². The van der Waals surface area contributed by atoms with E-state index in [-0.39, 0.29) is 5.41 Å². The van der Waals surface area contributed by atoms with Crippen molar-refractivity contribution in [3.8, 4) is 33.4 Å². The third kappa shape index (κ3) is 4.34. The topological polar surface area (TPSA) is 3.24 Å². The van der Waals surface area contributed by atoms with E-state index >= 15 is 0 Å². The van der Waals surface area contributed by atoms with Gasteiger partial charge in [-0.05, 0) is 136 Å². The molecule has 0 aromatic heterocycles. The Morgan fingerprint density at radius 2 is 1.00 bits per heavy atom. The molecule has 5 aliphatic carbocycles. The van der Waals surface area contributed by atoms with Gasteiger partial charge in [0, 0.05) is 22.4 Å². The molecule has 0 radical (unpaired) electrons. The molecule has 4 fully saturated rings. The molecule has 0 atom stereocenters. The van der Waals surface area contributed by atoms with Crippen molar-refractivity contribution in [2.75, 3.05) is 4.90 Å². The highest BCUT2D eigenvalue weighted by atomic mass is 15.1. The van der Waals surface area contributed by atoms with Crippen molar-refractivity contribution in [1.82, 2.24) is 0 Å². The fourth-order valence-electron chi connectivity index (χ4n) is 11.5. The molecule has 246 valence electrons. The molecule has 0 aliphatic heterocycles. The molecule has 0 amide bonds. The Hall–Kier alpha value is -5.40. The first-order valence-electron chi connectivity index (χ1n) is 19.0. The van der Waals surface area contributed by atoms with Crippen LogP contribution in [0.5, 0.6) is 0 Å². The molecule has 7 aromatic carbocycles. The van der Waals surface area contributed by atoms with E-state index in [1.807, 2.05) is 0 Å². The third-order valence-electron chi connectivity index (χ3n) is 13.3. The molecule has 0 heterocycles. The van der Waals surface area contributed by atoms with Crippen LogP contribution in [0, 0.1) is 23.7 Å². The number of benzene rings is 7. The second-order valence-corrected chi connectivity index (χ2v) is 15.7. The Morgan fingerprint density at radius 3 is 1.80 bits per heavy atom. The summed E-state index contributed by atoms with van der Waals surface area (Å²) in [6, 6.07) is 61.4. The minimum absolute atomic E-state index is 0.171. The fourth-order valence-corrected chi connectivity index (χ4v) is 11.5. The third-order valence-corrected chi connectivity index (χ3v) is 13.3. The van der Waals surface area contributed by atoms with Crippen molar-refractivity contribution < 1.29 is 0 Å². The monoisotopic (exact) mass is 655 g/mol. The van der Waals surface area contributed by atoms with Crippen LogP contribution in [0.2, 0.25) is 0 Å². The van der Waals surface area contributed by atoms with Crippen molar-refractivity contribution in [2.24, 2.45) is 23.7 Å². The second-order valence-electron chi connectivity index (χ2n) is 15.7. The Balaban J connectivity index is 1.09. The van der Waals surface area contributed by atoms with Crippen LogP contribution in [0.1, 0.15) is 43.2 Å². The van der Waals surface area contributed by atoms with E-state index < -0.39 is 0 Å². The SMILES string of the molecule is c1ccc(-c2ccccc2N(c2ccc(-c3cccc4ccccc34)cc2)c2ccc3c(c2)-c2ccccc2C32C3CC4CC(C3)CC2C4)cc1. The maximum Gasteiger partial charge on any atom is 0.0540 e. The normalized spacial score (nSPS) is 23.8. The molecule has 0 N–H and O–H groups in total. The molecule has 1 heteroatoms. The Labute approximate surface area is 301 Å². The molecule has 1 nitrogen and oxygen atoms in total.